The molecule has 1 heteroatoms. The minimum atomic E-state index is 0.376. The van der Waals surface area contributed by atoms with Crippen LogP contribution in [0.25, 0.3) is 0 Å². The molecule has 0 radical (unpaired) electrons. The number of hydrogen-bond acceptors (Lipinski definition) is 1. The standard InChI is InChI=1S/C14H22O/c1-3-10(4-2)9-14(15)13-8-11-5-6-12(13)7-11/h5-6,10-13H,3-4,7-9H2,1-2H3/t11?,12?,13-/m1/s1. The van der Waals surface area contributed by atoms with Crippen molar-refractivity contribution in [2.45, 2.75) is 46.0 Å². The summed E-state index contributed by atoms with van der Waals surface area (Å²) in [5.41, 5.74) is 0. The van der Waals surface area contributed by atoms with Gasteiger partial charge in [0.25, 0.3) is 0 Å². The van der Waals surface area contributed by atoms with Crippen molar-refractivity contribution in [3.8, 4) is 0 Å². The summed E-state index contributed by atoms with van der Waals surface area (Å²) in [7, 11) is 0. The van der Waals surface area contributed by atoms with Crippen molar-refractivity contribution in [1.82, 2.24) is 0 Å². The topological polar surface area (TPSA) is 17.1 Å². The van der Waals surface area contributed by atoms with Crippen LogP contribution in [-0.2, 0) is 4.79 Å². The van der Waals surface area contributed by atoms with Gasteiger partial charge >= 0.3 is 0 Å². The van der Waals surface area contributed by atoms with Crippen molar-refractivity contribution in [3.63, 3.8) is 0 Å². The van der Waals surface area contributed by atoms with Crippen LogP contribution in [0.5, 0.6) is 0 Å². The van der Waals surface area contributed by atoms with E-state index in [1.807, 2.05) is 0 Å². The quantitative estimate of drug-likeness (QED) is 0.628. The predicted octanol–water partition coefficient (Wildman–Crippen LogP) is 3.59. The molecule has 15 heavy (non-hydrogen) atoms. The lowest BCUT2D eigenvalue weighted by atomic mass is 9.84. The molecule has 3 atom stereocenters. The third kappa shape index (κ3) is 2.16. The Morgan fingerprint density at radius 1 is 1.27 bits per heavy atom. The molecule has 2 bridgehead atoms. The van der Waals surface area contributed by atoms with Crippen LogP contribution in [0.15, 0.2) is 12.2 Å². The molecule has 1 fully saturated rings. The summed E-state index contributed by atoms with van der Waals surface area (Å²) < 4.78 is 0. The lowest BCUT2D eigenvalue weighted by Crippen LogP contribution is -2.21. The molecule has 0 amide bonds. The average Bonchev–Trinajstić information content (AvgIpc) is 2.87. The Labute approximate surface area is 92.9 Å². The fourth-order valence-electron chi connectivity index (χ4n) is 3.16. The zero-order chi connectivity index (χ0) is 10.8. The molecule has 0 aliphatic heterocycles. The molecule has 0 saturated heterocycles. The Morgan fingerprint density at radius 3 is 2.47 bits per heavy atom. The summed E-state index contributed by atoms with van der Waals surface area (Å²) in [4.78, 5) is 12.1. The molecule has 0 aromatic rings. The van der Waals surface area contributed by atoms with Crippen LogP contribution in [0.1, 0.15) is 46.0 Å². The fourth-order valence-corrected chi connectivity index (χ4v) is 3.16. The lowest BCUT2D eigenvalue weighted by Gasteiger charge is -2.19. The Balaban J connectivity index is 1.89. The lowest BCUT2D eigenvalue weighted by molar-refractivity contribution is -0.124. The number of carbonyl (C=O) groups excluding carboxylic acids is 1. The number of Topliss-reactive ketones (excluding diaryl/α,β-unsaturated/α-hetero) is 1. The van der Waals surface area contributed by atoms with Crippen LogP contribution >= 0.6 is 0 Å². The van der Waals surface area contributed by atoms with E-state index in [1.54, 1.807) is 0 Å². The van der Waals surface area contributed by atoms with Gasteiger partial charge in [-0.3, -0.25) is 4.79 Å². The molecule has 2 rings (SSSR count). The molecular formula is C14H22O. The van der Waals surface area contributed by atoms with Crippen LogP contribution < -0.4 is 0 Å². The summed E-state index contributed by atoms with van der Waals surface area (Å²) in [5.74, 6) is 2.87. The van der Waals surface area contributed by atoms with Gasteiger partial charge in [-0.15, -0.1) is 0 Å². The smallest absolute Gasteiger partial charge is 0.136 e. The molecule has 0 heterocycles. The van der Waals surface area contributed by atoms with Crippen LogP contribution in [0.3, 0.4) is 0 Å². The highest BCUT2D eigenvalue weighted by atomic mass is 16.1. The molecule has 0 aromatic carbocycles. The second kappa shape index (κ2) is 4.51. The summed E-state index contributed by atoms with van der Waals surface area (Å²) in [6.45, 7) is 4.39. The normalized spacial score (nSPS) is 32.9. The van der Waals surface area contributed by atoms with Gasteiger partial charge in [0.2, 0.25) is 0 Å². The Hall–Kier alpha value is -0.590. The molecular weight excluding hydrogens is 184 g/mol. The number of hydrogen-bond donors (Lipinski definition) is 0. The monoisotopic (exact) mass is 206 g/mol. The molecule has 1 nitrogen and oxygen atoms in total. The van der Waals surface area contributed by atoms with E-state index in [2.05, 4.69) is 26.0 Å². The molecule has 2 aliphatic carbocycles. The van der Waals surface area contributed by atoms with Gasteiger partial charge in [0.05, 0.1) is 0 Å². The van der Waals surface area contributed by atoms with E-state index in [9.17, 15) is 4.79 Å². The third-order valence-electron chi connectivity index (χ3n) is 4.34. The van der Waals surface area contributed by atoms with Crippen LogP contribution in [-0.4, -0.2) is 5.78 Å². The third-order valence-corrected chi connectivity index (χ3v) is 4.34. The van der Waals surface area contributed by atoms with E-state index in [-0.39, 0.29) is 0 Å². The first-order chi connectivity index (χ1) is 7.24. The molecule has 1 saturated carbocycles. The van der Waals surface area contributed by atoms with Crippen molar-refractivity contribution in [2.75, 3.05) is 0 Å². The Morgan fingerprint density at radius 2 is 2.00 bits per heavy atom. The number of carbonyl (C=O) groups is 1. The maximum absolute atomic E-state index is 12.1. The van der Waals surface area contributed by atoms with Crippen LogP contribution in [0.2, 0.25) is 0 Å². The van der Waals surface area contributed by atoms with Crippen molar-refractivity contribution >= 4 is 5.78 Å². The summed E-state index contributed by atoms with van der Waals surface area (Å²) in [5, 5.41) is 0. The first-order valence-electron chi connectivity index (χ1n) is 6.45. The Kier molecular flexibility index (Phi) is 3.28. The second-order valence-corrected chi connectivity index (χ2v) is 5.24. The molecule has 0 N–H and O–H groups in total. The highest BCUT2D eigenvalue weighted by Crippen LogP contribution is 2.44. The average molecular weight is 206 g/mol. The largest absolute Gasteiger partial charge is 0.299 e. The van der Waals surface area contributed by atoms with Crippen molar-refractivity contribution in [2.24, 2.45) is 23.7 Å². The van der Waals surface area contributed by atoms with Crippen molar-refractivity contribution in [3.05, 3.63) is 12.2 Å². The number of allylic oxidation sites excluding steroid dienone is 2. The van der Waals surface area contributed by atoms with Gasteiger partial charge in [0.15, 0.2) is 0 Å². The molecule has 0 spiro atoms. The zero-order valence-corrected chi connectivity index (χ0v) is 9.91. The highest BCUT2D eigenvalue weighted by Gasteiger charge is 2.39. The van der Waals surface area contributed by atoms with E-state index < -0.39 is 0 Å². The predicted molar refractivity (Wildman–Crippen MR) is 62.5 cm³/mol. The van der Waals surface area contributed by atoms with E-state index in [0.717, 1.165) is 31.6 Å². The van der Waals surface area contributed by atoms with Gasteiger partial charge in [-0.25, -0.2) is 0 Å². The SMILES string of the molecule is CCC(CC)CC(=O)[C@@H]1CC2C=CC1C2. The van der Waals surface area contributed by atoms with E-state index in [0.29, 0.717) is 23.5 Å². The van der Waals surface area contributed by atoms with E-state index >= 15 is 0 Å². The van der Waals surface area contributed by atoms with Gasteiger partial charge in [0.1, 0.15) is 5.78 Å². The summed E-state index contributed by atoms with van der Waals surface area (Å²) in [6.07, 6.45) is 10.1. The van der Waals surface area contributed by atoms with Crippen LogP contribution in [0, 0.1) is 23.7 Å². The highest BCUT2D eigenvalue weighted by molar-refractivity contribution is 5.82. The zero-order valence-electron chi connectivity index (χ0n) is 9.91. The fraction of sp³-hybridized carbons (Fsp3) is 0.786. The van der Waals surface area contributed by atoms with Crippen LogP contribution in [0.4, 0.5) is 0 Å². The number of ketones is 1. The maximum atomic E-state index is 12.1. The number of rotatable bonds is 5. The molecule has 84 valence electrons. The minimum Gasteiger partial charge on any atom is -0.299 e. The van der Waals surface area contributed by atoms with Gasteiger partial charge in [-0.1, -0.05) is 38.8 Å². The molecule has 2 aliphatic rings. The van der Waals surface area contributed by atoms with Gasteiger partial charge in [-0.2, -0.15) is 0 Å². The second-order valence-electron chi connectivity index (χ2n) is 5.24. The minimum absolute atomic E-state index is 0.376. The van der Waals surface area contributed by atoms with Gasteiger partial charge in [-0.05, 0) is 30.6 Å². The maximum Gasteiger partial charge on any atom is 0.136 e. The summed E-state index contributed by atoms with van der Waals surface area (Å²) in [6, 6.07) is 0. The van der Waals surface area contributed by atoms with E-state index in [4.69, 9.17) is 0 Å². The number of fused-ring (bicyclic) bond motifs is 2. The first kappa shape index (κ1) is 10.9. The van der Waals surface area contributed by atoms with Crippen molar-refractivity contribution < 1.29 is 4.79 Å². The first-order valence-corrected chi connectivity index (χ1v) is 6.45. The molecule has 2 unspecified atom stereocenters. The van der Waals surface area contributed by atoms with Gasteiger partial charge in [0, 0.05) is 12.3 Å². The Bertz CT molecular complexity index is 263. The van der Waals surface area contributed by atoms with E-state index in [1.165, 1.54) is 6.42 Å². The summed E-state index contributed by atoms with van der Waals surface area (Å²) >= 11 is 0. The van der Waals surface area contributed by atoms with Gasteiger partial charge < -0.3 is 0 Å². The molecule has 0 aromatic heterocycles. The van der Waals surface area contributed by atoms with Crippen molar-refractivity contribution in [1.29, 1.82) is 0 Å².